The molecule has 3 heterocycles. The normalized spacial score (nSPS) is 14.5. The molecule has 1 aliphatic heterocycles. The van der Waals surface area contributed by atoms with Crippen molar-refractivity contribution in [2.75, 3.05) is 13.1 Å². The molecule has 1 N–H and O–H groups in total. The molecule has 0 unspecified atom stereocenters. The second kappa shape index (κ2) is 4.58. The van der Waals surface area contributed by atoms with Crippen molar-refractivity contribution < 1.29 is 4.79 Å². The molecule has 0 spiro atoms. The van der Waals surface area contributed by atoms with Crippen LogP contribution in [0.3, 0.4) is 0 Å². The van der Waals surface area contributed by atoms with E-state index in [0.29, 0.717) is 13.1 Å². The number of nitrogens with zero attached hydrogens (tertiary/aromatic N) is 3. The van der Waals surface area contributed by atoms with Crippen molar-refractivity contribution in [1.82, 2.24) is 14.9 Å². The summed E-state index contributed by atoms with van der Waals surface area (Å²) in [6.45, 7) is 1.13. The highest BCUT2D eigenvalue weighted by Gasteiger charge is 2.21. The van der Waals surface area contributed by atoms with Crippen molar-refractivity contribution in [3.05, 3.63) is 36.2 Å². The fourth-order valence-electron chi connectivity index (χ4n) is 2.36. The second-order valence-electron chi connectivity index (χ2n) is 4.44. The van der Waals surface area contributed by atoms with Gasteiger partial charge in [-0.25, -0.2) is 4.98 Å². The molecule has 0 aromatic carbocycles. The maximum atomic E-state index is 11.7. The number of hydrogen-bond donors (Lipinski definition) is 1. The Balaban J connectivity index is 1.87. The molecule has 5 heteroatoms. The number of pyridine rings is 1. The zero-order valence-corrected chi connectivity index (χ0v) is 10.3. The molecule has 19 heavy (non-hydrogen) atoms. The van der Waals surface area contributed by atoms with E-state index in [2.05, 4.69) is 9.97 Å². The number of carbonyl (C=O) groups excluding carboxylic acids is 1. The summed E-state index contributed by atoms with van der Waals surface area (Å²) in [6.07, 6.45) is 5.60. The Morgan fingerprint density at radius 1 is 1.53 bits per heavy atom. The van der Waals surface area contributed by atoms with Crippen molar-refractivity contribution >= 4 is 22.5 Å². The summed E-state index contributed by atoms with van der Waals surface area (Å²) >= 11 is 0. The minimum absolute atomic E-state index is 0.0585. The van der Waals surface area contributed by atoms with Crippen LogP contribution in [0.25, 0.3) is 16.6 Å². The maximum absolute atomic E-state index is 11.7. The quantitative estimate of drug-likeness (QED) is 0.884. The molecular weight excluding hydrogens is 240 g/mol. The lowest BCUT2D eigenvalue weighted by atomic mass is 10.1. The molecule has 0 saturated heterocycles. The summed E-state index contributed by atoms with van der Waals surface area (Å²) in [5.41, 5.74) is 3.05. The number of carbonyl (C=O) groups is 1. The first-order valence-electron chi connectivity index (χ1n) is 6.06. The van der Waals surface area contributed by atoms with Crippen molar-refractivity contribution in [3.63, 3.8) is 0 Å². The number of H-pyrrole nitrogens is 1. The number of hydrogen-bond acceptors (Lipinski definition) is 3. The van der Waals surface area contributed by atoms with Gasteiger partial charge in [-0.05, 0) is 23.3 Å². The van der Waals surface area contributed by atoms with Crippen molar-refractivity contribution in [1.29, 1.82) is 5.26 Å². The first kappa shape index (κ1) is 11.5. The Kier molecular flexibility index (Phi) is 2.76. The third kappa shape index (κ3) is 1.97. The van der Waals surface area contributed by atoms with E-state index in [4.69, 9.17) is 5.26 Å². The molecule has 0 atom stereocenters. The number of aromatic amines is 1. The van der Waals surface area contributed by atoms with Crippen molar-refractivity contribution in [3.8, 4) is 6.07 Å². The largest absolute Gasteiger partial charge is 0.346 e. The Morgan fingerprint density at radius 3 is 3.26 bits per heavy atom. The van der Waals surface area contributed by atoms with Crippen molar-refractivity contribution in [2.24, 2.45) is 0 Å². The van der Waals surface area contributed by atoms with Crippen LogP contribution in [0.1, 0.15) is 12.0 Å². The van der Waals surface area contributed by atoms with E-state index in [0.717, 1.165) is 22.2 Å². The summed E-state index contributed by atoms with van der Waals surface area (Å²) in [6, 6.07) is 5.84. The molecule has 5 nitrogen and oxygen atoms in total. The molecule has 0 radical (unpaired) electrons. The second-order valence-corrected chi connectivity index (χ2v) is 4.44. The van der Waals surface area contributed by atoms with Crippen LogP contribution in [-0.4, -0.2) is 33.9 Å². The Morgan fingerprint density at radius 2 is 2.42 bits per heavy atom. The molecule has 1 amide bonds. The fourth-order valence-corrected chi connectivity index (χ4v) is 2.36. The van der Waals surface area contributed by atoms with Gasteiger partial charge < -0.3 is 9.88 Å². The molecule has 2 aromatic rings. The van der Waals surface area contributed by atoms with Gasteiger partial charge in [0.25, 0.3) is 0 Å². The minimum atomic E-state index is -0.117. The first-order valence-corrected chi connectivity index (χ1v) is 6.06. The van der Waals surface area contributed by atoms with Gasteiger partial charge in [-0.15, -0.1) is 0 Å². The van der Waals surface area contributed by atoms with Gasteiger partial charge in [-0.3, -0.25) is 4.79 Å². The molecule has 0 fully saturated rings. The number of nitriles is 1. The SMILES string of the molecule is N#CCC(=O)N1CC=C(c2ccnc3[nH]ccc23)C1. The average molecular weight is 252 g/mol. The van der Waals surface area contributed by atoms with Gasteiger partial charge in [0.15, 0.2) is 0 Å². The van der Waals surface area contributed by atoms with Crippen LogP contribution in [0.2, 0.25) is 0 Å². The summed E-state index contributed by atoms with van der Waals surface area (Å²) in [7, 11) is 0. The Hall–Kier alpha value is -2.61. The predicted octanol–water partition coefficient (Wildman–Crippen LogP) is 1.70. The molecule has 0 saturated carbocycles. The minimum Gasteiger partial charge on any atom is -0.346 e. The molecule has 1 aliphatic rings. The average Bonchev–Trinajstić information content (AvgIpc) is 3.07. The highest BCUT2D eigenvalue weighted by molar-refractivity contribution is 5.92. The van der Waals surface area contributed by atoms with Gasteiger partial charge in [0.05, 0.1) is 6.07 Å². The maximum Gasteiger partial charge on any atom is 0.237 e. The summed E-state index contributed by atoms with van der Waals surface area (Å²) < 4.78 is 0. The van der Waals surface area contributed by atoms with E-state index < -0.39 is 0 Å². The topological polar surface area (TPSA) is 72.8 Å². The van der Waals surface area contributed by atoms with E-state index in [1.807, 2.05) is 30.5 Å². The van der Waals surface area contributed by atoms with Crippen LogP contribution in [0, 0.1) is 11.3 Å². The lowest BCUT2D eigenvalue weighted by Gasteiger charge is -2.14. The number of nitrogens with one attached hydrogen (secondary N) is 1. The van der Waals surface area contributed by atoms with Gasteiger partial charge in [0.1, 0.15) is 12.1 Å². The van der Waals surface area contributed by atoms with Crippen LogP contribution < -0.4 is 0 Å². The Labute approximate surface area is 110 Å². The Bertz CT molecular complexity index is 708. The van der Waals surface area contributed by atoms with Gasteiger partial charge in [-0.2, -0.15) is 5.26 Å². The molecular formula is C14H12N4O. The summed E-state index contributed by atoms with van der Waals surface area (Å²) in [5, 5.41) is 9.63. The third-order valence-corrected chi connectivity index (χ3v) is 3.31. The number of amides is 1. The van der Waals surface area contributed by atoms with Crippen LogP contribution in [0.5, 0.6) is 0 Å². The van der Waals surface area contributed by atoms with Crippen LogP contribution in [0.15, 0.2) is 30.6 Å². The van der Waals surface area contributed by atoms with E-state index in [-0.39, 0.29) is 12.3 Å². The number of rotatable bonds is 2. The van der Waals surface area contributed by atoms with Crippen LogP contribution in [0.4, 0.5) is 0 Å². The van der Waals surface area contributed by atoms with Crippen LogP contribution in [-0.2, 0) is 4.79 Å². The molecule has 0 bridgehead atoms. The molecule has 0 aliphatic carbocycles. The standard InChI is InChI=1S/C14H12N4O/c15-5-1-13(19)18-8-4-10(9-18)11-2-6-16-14-12(11)3-7-17-14/h2-4,6-7H,1,8-9H2,(H,16,17). The lowest BCUT2D eigenvalue weighted by Crippen LogP contribution is -2.28. The highest BCUT2D eigenvalue weighted by atomic mass is 16.2. The van der Waals surface area contributed by atoms with Crippen LogP contribution >= 0.6 is 0 Å². The molecule has 3 rings (SSSR count). The lowest BCUT2D eigenvalue weighted by molar-refractivity contribution is -0.128. The van der Waals surface area contributed by atoms with Gasteiger partial charge >= 0.3 is 0 Å². The smallest absolute Gasteiger partial charge is 0.237 e. The molecule has 94 valence electrons. The van der Waals surface area contributed by atoms with Gasteiger partial charge in [-0.1, -0.05) is 6.08 Å². The van der Waals surface area contributed by atoms with Crippen molar-refractivity contribution in [2.45, 2.75) is 6.42 Å². The summed E-state index contributed by atoms with van der Waals surface area (Å²) in [5.74, 6) is -0.117. The number of aromatic nitrogens is 2. The first-order chi connectivity index (χ1) is 9.29. The highest BCUT2D eigenvalue weighted by Crippen LogP contribution is 2.27. The number of fused-ring (bicyclic) bond motifs is 1. The van der Waals surface area contributed by atoms with Gasteiger partial charge in [0.2, 0.25) is 5.91 Å². The fraction of sp³-hybridized carbons (Fsp3) is 0.214. The predicted molar refractivity (Wildman–Crippen MR) is 70.9 cm³/mol. The zero-order chi connectivity index (χ0) is 13.2. The third-order valence-electron chi connectivity index (χ3n) is 3.31. The monoisotopic (exact) mass is 252 g/mol. The van der Waals surface area contributed by atoms with E-state index in [1.165, 1.54) is 0 Å². The van der Waals surface area contributed by atoms with E-state index in [1.54, 1.807) is 11.1 Å². The summed E-state index contributed by atoms with van der Waals surface area (Å²) in [4.78, 5) is 20.7. The van der Waals surface area contributed by atoms with E-state index in [9.17, 15) is 4.79 Å². The van der Waals surface area contributed by atoms with Gasteiger partial charge in [0, 0.05) is 30.9 Å². The zero-order valence-electron chi connectivity index (χ0n) is 10.3. The van der Waals surface area contributed by atoms with E-state index >= 15 is 0 Å². The molecule has 2 aromatic heterocycles.